The molecule has 0 unspecified atom stereocenters. The highest BCUT2D eigenvalue weighted by atomic mass is 35.5. The van der Waals surface area contributed by atoms with Gasteiger partial charge in [-0.3, -0.25) is 0 Å². The Morgan fingerprint density at radius 1 is 1.44 bits per heavy atom. The Kier molecular flexibility index (Phi) is 3.99. The van der Waals surface area contributed by atoms with E-state index in [0.717, 1.165) is 17.8 Å². The van der Waals surface area contributed by atoms with Crippen LogP contribution in [0, 0.1) is 5.82 Å². The van der Waals surface area contributed by atoms with Gasteiger partial charge in [-0.15, -0.1) is 0 Å². The van der Waals surface area contributed by atoms with Crippen molar-refractivity contribution in [1.29, 1.82) is 0 Å². The van der Waals surface area contributed by atoms with Crippen molar-refractivity contribution in [2.24, 2.45) is 0 Å². The van der Waals surface area contributed by atoms with Crippen LogP contribution in [0.25, 0.3) is 11.4 Å². The van der Waals surface area contributed by atoms with Crippen LogP contribution in [0.15, 0.2) is 24.4 Å². The molecule has 2 rings (SSSR count). The normalized spacial score (nSPS) is 11.2. The molecule has 0 aliphatic heterocycles. The van der Waals surface area contributed by atoms with Crippen LogP contribution < -0.4 is 5.32 Å². The number of imidazole rings is 1. The minimum Gasteiger partial charge on any atom is -0.341 e. The fraction of sp³-hybridized carbons (Fsp3) is 0.308. The summed E-state index contributed by atoms with van der Waals surface area (Å²) in [7, 11) is 0. The molecule has 0 bridgehead atoms. The maximum atomic E-state index is 13.1. The Morgan fingerprint density at radius 2 is 2.22 bits per heavy atom. The van der Waals surface area contributed by atoms with E-state index >= 15 is 0 Å². The molecule has 0 aliphatic rings. The zero-order chi connectivity index (χ0) is 13.1. The molecule has 2 N–H and O–H groups in total. The lowest BCUT2D eigenvalue weighted by molar-refractivity contribution is 0.583. The summed E-state index contributed by atoms with van der Waals surface area (Å²) >= 11 is 5.74. The summed E-state index contributed by atoms with van der Waals surface area (Å²) in [6.45, 7) is 4.88. The van der Waals surface area contributed by atoms with E-state index in [4.69, 9.17) is 11.6 Å². The third-order valence-electron chi connectivity index (χ3n) is 2.52. The van der Waals surface area contributed by atoms with Gasteiger partial charge >= 0.3 is 0 Å². The van der Waals surface area contributed by atoms with E-state index in [2.05, 4.69) is 29.1 Å². The standard InChI is InChI=1S/C13H15ClFN3/c1-8(2)16-6-10-7-17-13(18-10)9-3-4-12(15)11(14)5-9/h3-5,7-8,16H,6H2,1-2H3,(H,17,18). The first-order valence-corrected chi connectivity index (χ1v) is 6.16. The highest BCUT2D eigenvalue weighted by Gasteiger charge is 2.07. The van der Waals surface area contributed by atoms with Gasteiger partial charge in [0.2, 0.25) is 0 Å². The second kappa shape index (κ2) is 5.50. The first-order valence-electron chi connectivity index (χ1n) is 5.79. The minimum absolute atomic E-state index is 0.103. The topological polar surface area (TPSA) is 40.7 Å². The SMILES string of the molecule is CC(C)NCc1cnc(-c2ccc(F)c(Cl)c2)[nH]1. The third-order valence-corrected chi connectivity index (χ3v) is 2.81. The molecule has 1 heterocycles. The van der Waals surface area contributed by atoms with Crippen LogP contribution in [-0.2, 0) is 6.54 Å². The largest absolute Gasteiger partial charge is 0.341 e. The summed E-state index contributed by atoms with van der Waals surface area (Å²) in [5.74, 6) is 0.270. The van der Waals surface area contributed by atoms with Crippen molar-refractivity contribution in [3.63, 3.8) is 0 Å². The van der Waals surface area contributed by atoms with Gasteiger partial charge in [-0.05, 0) is 18.2 Å². The number of aromatic nitrogens is 2. The van der Waals surface area contributed by atoms with Gasteiger partial charge < -0.3 is 10.3 Å². The lowest BCUT2D eigenvalue weighted by Gasteiger charge is -2.05. The van der Waals surface area contributed by atoms with E-state index in [1.54, 1.807) is 18.3 Å². The summed E-state index contributed by atoms with van der Waals surface area (Å²) in [5, 5.41) is 3.39. The monoisotopic (exact) mass is 267 g/mol. The van der Waals surface area contributed by atoms with E-state index in [1.165, 1.54) is 6.07 Å². The van der Waals surface area contributed by atoms with E-state index in [1.807, 2.05) is 0 Å². The number of nitrogens with zero attached hydrogens (tertiary/aromatic N) is 1. The molecule has 0 saturated carbocycles. The Balaban J connectivity index is 2.16. The smallest absolute Gasteiger partial charge is 0.141 e. The van der Waals surface area contributed by atoms with E-state index in [9.17, 15) is 4.39 Å². The molecule has 0 spiro atoms. The van der Waals surface area contributed by atoms with Crippen LogP contribution >= 0.6 is 11.6 Å². The Hall–Kier alpha value is -1.39. The predicted octanol–water partition coefficient (Wildman–Crippen LogP) is 3.37. The highest BCUT2D eigenvalue weighted by molar-refractivity contribution is 6.31. The predicted molar refractivity (Wildman–Crippen MR) is 71.0 cm³/mol. The molecule has 0 radical (unpaired) electrons. The van der Waals surface area contributed by atoms with Gasteiger partial charge in [0.05, 0.1) is 5.02 Å². The Morgan fingerprint density at radius 3 is 2.89 bits per heavy atom. The summed E-state index contributed by atoms with van der Waals surface area (Å²) in [4.78, 5) is 7.44. The molecule has 0 saturated heterocycles. The maximum absolute atomic E-state index is 13.1. The van der Waals surface area contributed by atoms with Crippen LogP contribution in [0.4, 0.5) is 4.39 Å². The van der Waals surface area contributed by atoms with Crippen LogP contribution in [0.2, 0.25) is 5.02 Å². The van der Waals surface area contributed by atoms with Crippen molar-refractivity contribution in [2.45, 2.75) is 26.4 Å². The maximum Gasteiger partial charge on any atom is 0.141 e. The Labute approximate surface area is 110 Å². The molecule has 0 aliphatic carbocycles. The zero-order valence-electron chi connectivity index (χ0n) is 10.3. The van der Waals surface area contributed by atoms with Gasteiger partial charge in [-0.2, -0.15) is 0 Å². The molecule has 0 atom stereocenters. The van der Waals surface area contributed by atoms with Gasteiger partial charge in [0.15, 0.2) is 0 Å². The Bertz CT molecular complexity index is 537. The molecular formula is C13H15ClFN3. The molecular weight excluding hydrogens is 253 g/mol. The van der Waals surface area contributed by atoms with Crippen molar-refractivity contribution >= 4 is 11.6 Å². The molecule has 1 aromatic carbocycles. The van der Waals surface area contributed by atoms with Crippen LogP contribution in [0.5, 0.6) is 0 Å². The zero-order valence-corrected chi connectivity index (χ0v) is 11.1. The lowest BCUT2D eigenvalue weighted by atomic mass is 10.2. The first kappa shape index (κ1) is 13.1. The minimum atomic E-state index is -0.423. The average Bonchev–Trinajstić information content (AvgIpc) is 2.79. The molecule has 0 amide bonds. The number of halogens is 2. The molecule has 18 heavy (non-hydrogen) atoms. The van der Waals surface area contributed by atoms with Gasteiger partial charge in [-0.1, -0.05) is 25.4 Å². The van der Waals surface area contributed by atoms with Crippen molar-refractivity contribution < 1.29 is 4.39 Å². The number of benzene rings is 1. The number of aromatic amines is 1. The van der Waals surface area contributed by atoms with E-state index in [0.29, 0.717) is 11.9 Å². The number of H-pyrrole nitrogens is 1. The second-order valence-electron chi connectivity index (χ2n) is 4.42. The number of rotatable bonds is 4. The van der Waals surface area contributed by atoms with Crippen LogP contribution in [0.3, 0.4) is 0 Å². The molecule has 5 heteroatoms. The second-order valence-corrected chi connectivity index (χ2v) is 4.83. The molecule has 3 nitrogen and oxygen atoms in total. The fourth-order valence-corrected chi connectivity index (χ4v) is 1.73. The average molecular weight is 268 g/mol. The van der Waals surface area contributed by atoms with Crippen LogP contribution in [-0.4, -0.2) is 16.0 Å². The summed E-state index contributed by atoms with van der Waals surface area (Å²) in [6.07, 6.45) is 1.77. The number of hydrogen-bond acceptors (Lipinski definition) is 2. The molecule has 1 aromatic heterocycles. The molecule has 2 aromatic rings. The van der Waals surface area contributed by atoms with Crippen molar-refractivity contribution in [3.8, 4) is 11.4 Å². The highest BCUT2D eigenvalue weighted by Crippen LogP contribution is 2.22. The van der Waals surface area contributed by atoms with Gasteiger partial charge in [0, 0.05) is 30.0 Å². The number of hydrogen-bond donors (Lipinski definition) is 2. The molecule has 96 valence electrons. The quantitative estimate of drug-likeness (QED) is 0.892. The number of nitrogens with one attached hydrogen (secondary N) is 2. The first-order chi connectivity index (χ1) is 8.56. The summed E-state index contributed by atoms with van der Waals surface area (Å²) < 4.78 is 13.1. The van der Waals surface area contributed by atoms with Gasteiger partial charge in [-0.25, -0.2) is 9.37 Å². The van der Waals surface area contributed by atoms with E-state index in [-0.39, 0.29) is 5.02 Å². The third kappa shape index (κ3) is 3.09. The van der Waals surface area contributed by atoms with Crippen LogP contribution in [0.1, 0.15) is 19.5 Å². The molecule has 0 fully saturated rings. The van der Waals surface area contributed by atoms with Crippen molar-refractivity contribution in [2.75, 3.05) is 0 Å². The summed E-state index contributed by atoms with van der Waals surface area (Å²) in [5.41, 5.74) is 1.76. The fourth-order valence-electron chi connectivity index (χ4n) is 1.55. The van der Waals surface area contributed by atoms with Crippen molar-refractivity contribution in [1.82, 2.24) is 15.3 Å². The van der Waals surface area contributed by atoms with Gasteiger partial charge in [0.1, 0.15) is 11.6 Å². The lowest BCUT2D eigenvalue weighted by Crippen LogP contribution is -2.21. The van der Waals surface area contributed by atoms with Gasteiger partial charge in [0.25, 0.3) is 0 Å². The van der Waals surface area contributed by atoms with E-state index < -0.39 is 5.82 Å². The summed E-state index contributed by atoms with van der Waals surface area (Å²) in [6, 6.07) is 4.97. The van der Waals surface area contributed by atoms with Crippen molar-refractivity contribution in [3.05, 3.63) is 40.9 Å².